The summed E-state index contributed by atoms with van der Waals surface area (Å²) in [5.74, 6) is 0. The van der Waals surface area contributed by atoms with Crippen molar-refractivity contribution < 1.29 is 0 Å². The van der Waals surface area contributed by atoms with Gasteiger partial charge in [0, 0.05) is 0 Å². The van der Waals surface area contributed by atoms with Crippen LogP contribution in [0.4, 0.5) is 0 Å². The van der Waals surface area contributed by atoms with Crippen molar-refractivity contribution in [3.63, 3.8) is 0 Å². The van der Waals surface area contributed by atoms with E-state index in [9.17, 15) is 0 Å². The van der Waals surface area contributed by atoms with Crippen LogP contribution in [0.5, 0.6) is 0 Å². The highest BCUT2D eigenvalue weighted by Crippen LogP contribution is 2.48. The Hall–Kier alpha value is -2.08. The maximum absolute atomic E-state index is 2.31. The summed E-state index contributed by atoms with van der Waals surface area (Å²) < 4.78 is 0. The van der Waals surface area contributed by atoms with E-state index in [0.717, 1.165) is 0 Å². The Morgan fingerprint density at radius 3 is 1.85 bits per heavy atom. The smallest absolute Gasteiger partial charge is 0.00234 e. The van der Waals surface area contributed by atoms with E-state index >= 15 is 0 Å². The fraction of sp³-hybridized carbons (Fsp3) is 0.200. The zero-order valence-corrected chi connectivity index (χ0v) is 12.2. The van der Waals surface area contributed by atoms with Gasteiger partial charge >= 0.3 is 0 Å². The van der Waals surface area contributed by atoms with Gasteiger partial charge in [-0.15, -0.1) is 0 Å². The first-order chi connectivity index (χ1) is 9.57. The van der Waals surface area contributed by atoms with Crippen LogP contribution in [0.3, 0.4) is 0 Å². The third-order valence-electron chi connectivity index (χ3n) is 4.36. The summed E-state index contributed by atoms with van der Waals surface area (Å²) in [4.78, 5) is 0. The fourth-order valence-corrected chi connectivity index (χ4v) is 3.46. The molecule has 0 bridgehead atoms. The standard InChI is InChI=1S/C20H18/c1-20(2,3)18-12-11-16-14-8-5-4-7-13(14)15-9-6-10-17(18)19(15)16/h4-12H,1-3H3. The molecule has 0 heterocycles. The van der Waals surface area contributed by atoms with Crippen molar-refractivity contribution in [3.05, 3.63) is 60.2 Å². The molecule has 0 fully saturated rings. The van der Waals surface area contributed by atoms with Crippen LogP contribution >= 0.6 is 0 Å². The van der Waals surface area contributed by atoms with Crippen LogP contribution in [-0.4, -0.2) is 0 Å². The summed E-state index contributed by atoms with van der Waals surface area (Å²) in [7, 11) is 0. The van der Waals surface area contributed by atoms with E-state index in [1.54, 1.807) is 0 Å². The van der Waals surface area contributed by atoms with E-state index < -0.39 is 0 Å². The molecule has 0 saturated heterocycles. The van der Waals surface area contributed by atoms with Gasteiger partial charge in [-0.2, -0.15) is 0 Å². The summed E-state index contributed by atoms with van der Waals surface area (Å²) in [5.41, 5.74) is 7.13. The monoisotopic (exact) mass is 258 g/mol. The third-order valence-corrected chi connectivity index (χ3v) is 4.36. The molecular formula is C20H18. The van der Waals surface area contributed by atoms with Crippen LogP contribution in [0.2, 0.25) is 0 Å². The average molecular weight is 258 g/mol. The number of benzene rings is 3. The van der Waals surface area contributed by atoms with Gasteiger partial charge in [0.2, 0.25) is 0 Å². The molecule has 0 amide bonds. The topological polar surface area (TPSA) is 0 Å². The van der Waals surface area contributed by atoms with Crippen molar-refractivity contribution in [1.82, 2.24) is 0 Å². The predicted molar refractivity (Wildman–Crippen MR) is 87.1 cm³/mol. The zero-order valence-electron chi connectivity index (χ0n) is 12.2. The van der Waals surface area contributed by atoms with Crippen LogP contribution < -0.4 is 0 Å². The molecule has 20 heavy (non-hydrogen) atoms. The number of rotatable bonds is 0. The van der Waals surface area contributed by atoms with E-state index in [-0.39, 0.29) is 5.41 Å². The van der Waals surface area contributed by atoms with E-state index in [1.165, 1.54) is 38.6 Å². The van der Waals surface area contributed by atoms with Crippen molar-refractivity contribution in [2.45, 2.75) is 26.2 Å². The van der Waals surface area contributed by atoms with Crippen molar-refractivity contribution in [1.29, 1.82) is 0 Å². The van der Waals surface area contributed by atoms with E-state index in [1.807, 2.05) is 0 Å². The highest BCUT2D eigenvalue weighted by Gasteiger charge is 2.24. The molecule has 0 atom stereocenters. The van der Waals surface area contributed by atoms with E-state index in [0.29, 0.717) is 0 Å². The lowest BCUT2D eigenvalue weighted by atomic mass is 9.82. The lowest BCUT2D eigenvalue weighted by Gasteiger charge is -2.22. The second kappa shape index (κ2) is 3.73. The van der Waals surface area contributed by atoms with Crippen LogP contribution in [0.15, 0.2) is 54.6 Å². The van der Waals surface area contributed by atoms with Gasteiger partial charge in [-0.05, 0) is 44.0 Å². The Morgan fingerprint density at radius 1 is 0.600 bits per heavy atom. The molecule has 0 aromatic heterocycles. The Morgan fingerprint density at radius 2 is 1.20 bits per heavy atom. The van der Waals surface area contributed by atoms with Gasteiger partial charge in [-0.25, -0.2) is 0 Å². The first-order valence-corrected chi connectivity index (χ1v) is 7.23. The molecule has 1 aliphatic rings. The molecule has 0 spiro atoms. The molecule has 0 heteroatoms. The van der Waals surface area contributed by atoms with Gasteiger partial charge in [-0.1, -0.05) is 75.4 Å². The van der Waals surface area contributed by atoms with Gasteiger partial charge in [0.05, 0.1) is 0 Å². The van der Waals surface area contributed by atoms with Crippen LogP contribution in [0.25, 0.3) is 33.0 Å². The molecule has 0 saturated carbocycles. The van der Waals surface area contributed by atoms with Gasteiger partial charge < -0.3 is 0 Å². The average Bonchev–Trinajstić information content (AvgIpc) is 2.75. The molecular weight excluding hydrogens is 240 g/mol. The first-order valence-electron chi connectivity index (χ1n) is 7.23. The molecule has 3 aromatic carbocycles. The molecule has 4 rings (SSSR count). The van der Waals surface area contributed by atoms with Gasteiger partial charge in [0.15, 0.2) is 0 Å². The maximum atomic E-state index is 2.31. The summed E-state index contributed by atoms with van der Waals surface area (Å²) in [6, 6.07) is 20.1. The highest BCUT2D eigenvalue weighted by atomic mass is 14.3. The summed E-state index contributed by atoms with van der Waals surface area (Å²) in [6.07, 6.45) is 0. The van der Waals surface area contributed by atoms with Crippen molar-refractivity contribution >= 4 is 10.8 Å². The molecule has 0 radical (unpaired) electrons. The third kappa shape index (κ3) is 1.42. The Balaban J connectivity index is 2.19. The van der Waals surface area contributed by atoms with Crippen molar-refractivity contribution in [3.8, 4) is 22.3 Å². The summed E-state index contributed by atoms with van der Waals surface area (Å²) in [6.45, 7) is 6.87. The van der Waals surface area contributed by atoms with Crippen LogP contribution in [0, 0.1) is 0 Å². The van der Waals surface area contributed by atoms with Gasteiger partial charge in [-0.3, -0.25) is 0 Å². The van der Waals surface area contributed by atoms with Gasteiger partial charge in [0.1, 0.15) is 0 Å². The lowest BCUT2D eigenvalue weighted by molar-refractivity contribution is 0.596. The van der Waals surface area contributed by atoms with E-state index in [4.69, 9.17) is 0 Å². The quantitative estimate of drug-likeness (QED) is 0.375. The number of hydrogen-bond donors (Lipinski definition) is 0. The molecule has 1 aliphatic carbocycles. The summed E-state index contributed by atoms with van der Waals surface area (Å²) in [5, 5.41) is 2.84. The first kappa shape index (κ1) is 11.7. The summed E-state index contributed by atoms with van der Waals surface area (Å²) >= 11 is 0. The fourth-order valence-electron chi connectivity index (χ4n) is 3.46. The van der Waals surface area contributed by atoms with Crippen LogP contribution in [-0.2, 0) is 5.41 Å². The number of hydrogen-bond acceptors (Lipinski definition) is 0. The maximum Gasteiger partial charge on any atom is -0.00234 e. The largest absolute Gasteiger partial charge is 0.0616 e. The van der Waals surface area contributed by atoms with Crippen LogP contribution in [0.1, 0.15) is 26.3 Å². The highest BCUT2D eigenvalue weighted by molar-refractivity contribution is 6.16. The Bertz CT molecular complexity index is 803. The Kier molecular flexibility index (Phi) is 2.18. The molecule has 0 unspecified atom stereocenters. The molecule has 0 nitrogen and oxygen atoms in total. The second-order valence-electron chi connectivity index (χ2n) is 6.68. The van der Waals surface area contributed by atoms with Crippen molar-refractivity contribution in [2.24, 2.45) is 0 Å². The van der Waals surface area contributed by atoms with Crippen molar-refractivity contribution in [2.75, 3.05) is 0 Å². The lowest BCUT2D eigenvalue weighted by Crippen LogP contribution is -2.11. The van der Waals surface area contributed by atoms with E-state index in [2.05, 4.69) is 75.4 Å². The molecule has 0 aliphatic heterocycles. The molecule has 3 aromatic rings. The molecule has 0 N–H and O–H groups in total. The number of fused-ring (bicyclic) bond motifs is 3. The normalized spacial score (nSPS) is 12.8. The minimum absolute atomic E-state index is 0.173. The predicted octanol–water partition coefficient (Wildman–Crippen LogP) is 5.78. The zero-order chi connectivity index (χ0) is 13.9. The second-order valence-corrected chi connectivity index (χ2v) is 6.68. The Labute approximate surface area is 120 Å². The SMILES string of the molecule is CC(C)(C)c1ccc2c3c(cccc13)-c1ccccc1-2. The minimum atomic E-state index is 0.173. The molecule has 98 valence electrons. The minimum Gasteiger partial charge on any atom is -0.0616 e. The van der Waals surface area contributed by atoms with Gasteiger partial charge in [0.25, 0.3) is 0 Å².